The van der Waals surface area contributed by atoms with Crippen LogP contribution in [0.2, 0.25) is 10.0 Å². The molecule has 28 heteroatoms. The molecule has 0 saturated heterocycles. The fourth-order valence-corrected chi connectivity index (χ4v) is 12.6. The number of pyridine rings is 4. The number of aryl methyl sites for hydroxylation is 4. The minimum absolute atomic E-state index is 0. The first-order valence-electron chi connectivity index (χ1n) is 39.1. The van der Waals surface area contributed by atoms with Crippen molar-refractivity contribution < 1.29 is 47.0 Å². The van der Waals surface area contributed by atoms with Crippen LogP contribution in [0.15, 0.2) is 333 Å². The Bertz CT molecular complexity index is 5230. The van der Waals surface area contributed by atoms with Crippen molar-refractivity contribution in [3.8, 4) is 0 Å². The quantitative estimate of drug-likeness (QED) is 0.0222. The van der Waals surface area contributed by atoms with Crippen LogP contribution >= 0.6 is 23.2 Å². The van der Waals surface area contributed by atoms with E-state index < -0.39 is 0 Å². The van der Waals surface area contributed by atoms with E-state index in [2.05, 4.69) is 62.2 Å². The Morgan fingerprint density at radius 2 is 0.484 bits per heavy atom. The number of nitrogens with zero attached hydrogens (tertiary/aromatic N) is 16. The maximum atomic E-state index is 13.4. The number of benzene rings is 8. The number of azo groups is 4. The van der Waals surface area contributed by atoms with Gasteiger partial charge in [-0.2, -0.15) is 0 Å². The van der Waals surface area contributed by atoms with Crippen LogP contribution in [0.1, 0.15) is 95.8 Å². The van der Waals surface area contributed by atoms with Gasteiger partial charge in [0.15, 0.2) is 0 Å². The second kappa shape index (κ2) is 46.8. The first-order chi connectivity index (χ1) is 58.2. The molecule has 0 fully saturated rings. The molecule has 4 aromatic heterocycles. The molecule has 26 nitrogen and oxygen atoms in total. The number of rotatable bonds is 34. The van der Waals surface area contributed by atoms with Crippen LogP contribution in [-0.4, -0.2) is 109 Å². The lowest BCUT2D eigenvalue weighted by Crippen LogP contribution is -2.36. The highest BCUT2D eigenvalue weighted by Crippen LogP contribution is 2.27. The zero-order chi connectivity index (χ0) is 84.5. The van der Waals surface area contributed by atoms with Crippen LogP contribution in [0.3, 0.4) is 0 Å². The van der Waals surface area contributed by atoms with E-state index in [0.29, 0.717) is 144 Å². The van der Waals surface area contributed by atoms with Crippen molar-refractivity contribution in [2.24, 2.45) is 40.9 Å². The number of hydrogen-bond acceptors (Lipinski definition) is 16. The second-order valence-electron chi connectivity index (χ2n) is 28.1. The van der Waals surface area contributed by atoms with Crippen LogP contribution in [-0.2, 0) is 35.8 Å². The van der Waals surface area contributed by atoms with E-state index in [1.165, 1.54) is 13.8 Å². The Labute approximate surface area is 722 Å². The average Bonchev–Trinajstić information content (AvgIpc) is 0.849. The smallest absolute Gasteiger partial charge is 0.350 e. The summed E-state index contributed by atoms with van der Waals surface area (Å²) in [5.74, 6) is 2.09. The minimum Gasteiger partial charge on any atom is -0.356 e. The number of carbonyl (C=O) groups is 6. The van der Waals surface area contributed by atoms with Crippen molar-refractivity contribution in [2.45, 2.75) is 80.6 Å². The van der Waals surface area contributed by atoms with Crippen LogP contribution in [0.5, 0.6) is 0 Å². The topological polar surface area (TPSA) is 278 Å². The molecule has 4 heterocycles. The van der Waals surface area contributed by atoms with Gasteiger partial charge in [-0.05, 0) is 239 Å². The molecule has 4 N–H and O–H groups in total. The number of carbonyl (C=O) groups excluding carboxylic acids is 6. The standard InChI is InChI=1S/C54H54N12O4.C38H38Cl2N8O2.2CH4/c1-39(67)55-43-17-21-45(22-18-43)57-47-25-29-49(30-26-47)59-61-51-11-5-7-35-65(51)37-9-33-63(3)53(69)41-13-15-42(16-14-41)54(70)64(4)34-10-38-66-36-8-6-12-52(66)62-60-50-31-27-48(28-32-50)58-46-23-19-44(20-24-46)56-40(2)68;1-45(23-7-27-47-25-5-3-9-35(47)43-41-33-19-15-31(39)16-20-33)37(49)29-11-13-30(14-12-29)38(50)46(2)24-8-28-48-26-6-4-10-36(48)44-42-34-21-17-32(40)18-22-34;;/h5-8,11-32,35-36H,9-10,33-34,37-38H2,1-4H3,(H2,55,56,59,60,67,68);3-6,9-22,25-26H,7-8,23-24,27-28H2,1-2H3;2*1H4/q;+2;;/p+2. The van der Waals surface area contributed by atoms with E-state index in [-0.39, 0.29) is 50.3 Å². The Morgan fingerprint density at radius 1 is 0.279 bits per heavy atom. The number of aromatic nitrogens is 4. The molecule has 0 aliphatic heterocycles. The van der Waals surface area contributed by atoms with Gasteiger partial charge in [0.05, 0.1) is 71.4 Å². The molecule has 12 aromatic rings. The molecule has 0 unspecified atom stereocenters. The first kappa shape index (κ1) is 91.7. The molecule has 0 radical (unpaired) electrons. The van der Waals surface area contributed by atoms with Gasteiger partial charge >= 0.3 is 23.3 Å². The number of nitrogens with one attached hydrogen (secondary N) is 4. The highest BCUT2D eigenvalue weighted by atomic mass is 35.5. The van der Waals surface area contributed by atoms with Crippen molar-refractivity contribution in [3.63, 3.8) is 0 Å². The highest BCUT2D eigenvalue weighted by molar-refractivity contribution is 6.31. The predicted octanol–water partition coefficient (Wildman–Crippen LogP) is 20.8. The maximum Gasteiger partial charge on any atom is 0.350 e. The van der Waals surface area contributed by atoms with Crippen LogP contribution in [0, 0.1) is 0 Å². The average molecular weight is 1680 g/mol. The number of anilines is 6. The van der Waals surface area contributed by atoms with Crippen molar-refractivity contribution >= 4 is 139 Å². The van der Waals surface area contributed by atoms with Crippen molar-refractivity contribution in [3.05, 3.63) is 324 Å². The number of halogens is 2. The summed E-state index contributed by atoms with van der Waals surface area (Å²) < 4.78 is 8.01. The summed E-state index contributed by atoms with van der Waals surface area (Å²) in [7, 11) is 7.11. The molecule has 6 amide bonds. The minimum atomic E-state index is -0.129. The number of hydrogen-bond donors (Lipinski definition) is 4. The van der Waals surface area contributed by atoms with Gasteiger partial charge in [-0.1, -0.05) is 62.3 Å². The summed E-state index contributed by atoms with van der Waals surface area (Å²) >= 11 is 11.9. The Morgan fingerprint density at radius 3 is 0.705 bits per heavy atom. The lowest BCUT2D eigenvalue weighted by Gasteiger charge is -2.18. The summed E-state index contributed by atoms with van der Waals surface area (Å²) in [6.07, 6.45) is 10.6. The van der Waals surface area contributed by atoms with E-state index in [9.17, 15) is 28.8 Å². The molecule has 12 rings (SSSR count). The third-order valence-electron chi connectivity index (χ3n) is 18.8. The zero-order valence-electron chi connectivity index (χ0n) is 67.6. The van der Waals surface area contributed by atoms with E-state index >= 15 is 0 Å². The van der Waals surface area contributed by atoms with E-state index in [4.69, 9.17) is 23.2 Å². The Hall–Kier alpha value is -14.2. The van der Waals surface area contributed by atoms with E-state index in [1.54, 1.807) is 121 Å². The molecule has 122 heavy (non-hydrogen) atoms. The first-order valence-corrected chi connectivity index (χ1v) is 39.8. The molecule has 0 aliphatic rings. The molecule has 8 aromatic carbocycles. The third-order valence-corrected chi connectivity index (χ3v) is 19.3. The highest BCUT2D eigenvalue weighted by Gasteiger charge is 2.21. The molecular weight excluding hydrogens is 1580 g/mol. The van der Waals surface area contributed by atoms with E-state index in [0.717, 1.165) is 47.0 Å². The summed E-state index contributed by atoms with van der Waals surface area (Å²) in [5.41, 5.74) is 9.89. The van der Waals surface area contributed by atoms with Crippen molar-refractivity contribution in [2.75, 3.05) is 75.6 Å². The summed E-state index contributed by atoms with van der Waals surface area (Å²) in [4.78, 5) is 82.4. The van der Waals surface area contributed by atoms with Gasteiger partial charge in [-0.25, -0.2) is 18.3 Å². The van der Waals surface area contributed by atoms with Gasteiger partial charge in [0.1, 0.15) is 22.7 Å². The third kappa shape index (κ3) is 28.5. The van der Waals surface area contributed by atoms with Crippen molar-refractivity contribution in [1.29, 1.82) is 0 Å². The molecule has 0 spiro atoms. The molecule has 0 aliphatic carbocycles. The maximum absolute atomic E-state index is 13.4. The van der Waals surface area contributed by atoms with Crippen LogP contribution in [0.25, 0.3) is 0 Å². The fourth-order valence-electron chi connectivity index (χ4n) is 12.4. The van der Waals surface area contributed by atoms with Gasteiger partial charge in [0, 0.05) is 185 Å². The molecule has 0 bridgehead atoms. The van der Waals surface area contributed by atoms with Gasteiger partial charge in [-0.3, -0.25) is 28.8 Å². The monoisotopic (exact) mass is 1680 g/mol. The Balaban J connectivity index is 0.000000287. The largest absolute Gasteiger partial charge is 0.356 e. The second-order valence-corrected chi connectivity index (χ2v) is 29.0. The van der Waals surface area contributed by atoms with E-state index in [1.807, 2.05) is 237 Å². The summed E-state index contributed by atoms with van der Waals surface area (Å²) in [6, 6.07) is 81.1. The summed E-state index contributed by atoms with van der Waals surface area (Å²) in [5, 5.41) is 48.8. The fraction of sp³-hybridized carbons (Fsp3) is 0.213. The molecule has 624 valence electrons. The zero-order valence-corrected chi connectivity index (χ0v) is 69.1. The van der Waals surface area contributed by atoms with Gasteiger partial charge in [0.25, 0.3) is 23.6 Å². The molecular formula is C94H102Cl2N20O6+4. The predicted molar refractivity (Wildman–Crippen MR) is 480 cm³/mol. The van der Waals surface area contributed by atoms with Crippen molar-refractivity contribution in [1.82, 2.24) is 19.6 Å². The van der Waals surface area contributed by atoms with Crippen LogP contribution in [0.4, 0.5) is 80.1 Å². The summed E-state index contributed by atoms with van der Waals surface area (Å²) in [6.45, 7) is 7.63. The van der Waals surface area contributed by atoms with Gasteiger partial charge in [0.2, 0.25) is 11.8 Å². The SMILES string of the molecule is C.C.CC(=O)Nc1ccc(Nc2ccc(N=Nc3cccc[n+]3CCCN(C)C(=O)c3ccc(C(=O)N(C)CCC[n+]4ccccc4N=Nc4ccc(Nc5ccc(NC(C)=O)cc5)cc4)cc3)cc2)cc1.CN(CCC[n+]1ccccc1N=Nc1ccc(Cl)cc1)C(=O)c1ccc(C(=O)N(C)CCC[n+]2ccccc2N=Nc2ccc(Cl)cc2)cc1. The lowest BCUT2D eigenvalue weighted by molar-refractivity contribution is -0.684. The van der Waals surface area contributed by atoms with Gasteiger partial charge in [-0.15, -0.1) is 0 Å². The number of amides is 6. The lowest BCUT2D eigenvalue weighted by atomic mass is 10.1. The normalized spacial score (nSPS) is 11.0. The van der Waals surface area contributed by atoms with Crippen LogP contribution < -0.4 is 39.5 Å². The molecule has 0 saturated carbocycles. The van der Waals surface area contributed by atoms with Gasteiger partial charge < -0.3 is 40.9 Å². The Kier molecular flexibility index (Phi) is 35.1. The molecule has 0 atom stereocenters.